The molecule has 0 radical (unpaired) electrons. The van der Waals surface area contributed by atoms with E-state index in [0.717, 1.165) is 41.4 Å². The van der Waals surface area contributed by atoms with Crippen LogP contribution in [0.25, 0.3) is 0 Å². The molecule has 0 aromatic heterocycles. The van der Waals surface area contributed by atoms with Gasteiger partial charge in [0.1, 0.15) is 17.2 Å². The molecule has 0 saturated carbocycles. The Balaban J connectivity index is 2.09. The molecule has 1 aromatic rings. The second-order valence-electron chi connectivity index (χ2n) is 6.04. The Morgan fingerprint density at radius 1 is 1.07 bits per heavy atom. The third kappa shape index (κ3) is 3.89. The molecule has 2 saturated heterocycles. The van der Waals surface area contributed by atoms with Crippen molar-refractivity contribution in [2.75, 3.05) is 23.0 Å². The van der Waals surface area contributed by atoms with Crippen LogP contribution in [0.5, 0.6) is 0 Å². The molecule has 3 rings (SSSR count). The van der Waals surface area contributed by atoms with E-state index >= 15 is 0 Å². The Bertz CT molecular complexity index is 821. The van der Waals surface area contributed by atoms with Crippen molar-refractivity contribution in [1.29, 1.82) is 0 Å². The molecule has 0 atom stereocenters. The second-order valence-corrected chi connectivity index (χ2v) is 8.51. The highest BCUT2D eigenvalue weighted by Gasteiger charge is 2.45. The molecule has 2 aliphatic heterocycles. The number of benzene rings is 1. The molecule has 2 aliphatic rings. The average molecular weight is 412 g/mol. The number of rotatable bonds is 4. The van der Waals surface area contributed by atoms with E-state index in [1.54, 1.807) is 0 Å². The first-order chi connectivity index (χ1) is 13.0. The fraction of sp³-hybridized carbons (Fsp3) is 0.389. The van der Waals surface area contributed by atoms with Crippen LogP contribution in [0.15, 0.2) is 28.0 Å². The lowest BCUT2D eigenvalue weighted by molar-refractivity contribution is -0.129. The van der Waals surface area contributed by atoms with E-state index in [4.69, 9.17) is 0 Å². The number of thioether (sulfide) groups is 2. The molecular weight excluding hydrogens is 394 g/mol. The molecule has 27 heavy (non-hydrogen) atoms. The van der Waals surface area contributed by atoms with E-state index in [1.165, 1.54) is 23.5 Å². The largest absolute Gasteiger partial charge is 0.338 e. The van der Waals surface area contributed by atoms with E-state index in [2.05, 4.69) is 0 Å². The molecule has 4 amide bonds. The minimum Gasteiger partial charge on any atom is -0.268 e. The molecule has 0 spiro atoms. The predicted molar refractivity (Wildman–Crippen MR) is 102 cm³/mol. The molecule has 144 valence electrons. The van der Waals surface area contributed by atoms with Gasteiger partial charge in [-0.3, -0.25) is 14.5 Å². The first kappa shape index (κ1) is 19.9. The highest BCUT2D eigenvalue weighted by Crippen LogP contribution is 2.40. The Kier molecular flexibility index (Phi) is 6.21. The van der Waals surface area contributed by atoms with Gasteiger partial charge in [-0.15, -0.1) is 23.5 Å². The summed E-state index contributed by atoms with van der Waals surface area (Å²) in [5.41, 5.74) is -0.464. The minimum absolute atomic E-state index is 0.107. The molecule has 0 aliphatic carbocycles. The number of urea groups is 1. The number of anilines is 1. The van der Waals surface area contributed by atoms with Gasteiger partial charge >= 0.3 is 6.03 Å². The number of hydrogen-bond acceptors (Lipinski definition) is 5. The first-order valence-electron chi connectivity index (χ1n) is 8.61. The molecule has 9 heteroatoms. The van der Waals surface area contributed by atoms with Gasteiger partial charge in [0.05, 0.1) is 9.92 Å². The van der Waals surface area contributed by atoms with E-state index in [1.807, 2.05) is 6.92 Å². The fourth-order valence-corrected chi connectivity index (χ4v) is 5.37. The number of nitrogens with zero attached hydrogens (tertiary/aromatic N) is 2. The lowest BCUT2D eigenvalue weighted by atomic mass is 10.1. The van der Waals surface area contributed by atoms with Crippen molar-refractivity contribution in [3.8, 4) is 0 Å². The summed E-state index contributed by atoms with van der Waals surface area (Å²) in [7, 11) is 0. The number of halogens is 2. The van der Waals surface area contributed by atoms with E-state index in [0.29, 0.717) is 21.6 Å². The lowest BCUT2D eigenvalue weighted by Crippen LogP contribution is -2.57. The molecular formula is C18H18F2N2O3S2. The number of imide groups is 2. The van der Waals surface area contributed by atoms with Crippen LogP contribution in [0.1, 0.15) is 26.2 Å². The van der Waals surface area contributed by atoms with Crippen molar-refractivity contribution in [3.05, 3.63) is 39.6 Å². The van der Waals surface area contributed by atoms with Crippen molar-refractivity contribution in [3.63, 3.8) is 0 Å². The smallest absolute Gasteiger partial charge is 0.268 e. The number of carbonyl (C=O) groups is 3. The highest BCUT2D eigenvalue weighted by molar-refractivity contribution is 8.22. The Hall–Kier alpha value is -1.87. The maximum atomic E-state index is 14.3. The number of barbiturate groups is 1. The van der Waals surface area contributed by atoms with Crippen LogP contribution >= 0.6 is 23.5 Å². The van der Waals surface area contributed by atoms with Gasteiger partial charge in [0.2, 0.25) is 0 Å². The third-order valence-corrected chi connectivity index (χ3v) is 6.77. The SMILES string of the molecule is CCCCN1C(=O)C(=C2SCCCS2)C(=O)N(c2ccc(F)cc2F)C1=O. The van der Waals surface area contributed by atoms with Gasteiger partial charge in [-0.2, -0.15) is 0 Å². The summed E-state index contributed by atoms with van der Waals surface area (Å²) in [6, 6.07) is 1.72. The van der Waals surface area contributed by atoms with Crippen molar-refractivity contribution < 1.29 is 23.2 Å². The Morgan fingerprint density at radius 2 is 1.78 bits per heavy atom. The second kappa shape index (κ2) is 8.43. The fourth-order valence-electron chi connectivity index (χ4n) is 2.77. The van der Waals surface area contributed by atoms with E-state index in [-0.39, 0.29) is 17.8 Å². The predicted octanol–water partition coefficient (Wildman–Crippen LogP) is 4.14. The number of unbranched alkanes of at least 4 members (excludes halogenated alkanes) is 1. The van der Waals surface area contributed by atoms with Gasteiger partial charge in [-0.05, 0) is 36.5 Å². The maximum Gasteiger partial charge on any atom is 0.338 e. The quantitative estimate of drug-likeness (QED) is 0.550. The molecule has 0 unspecified atom stereocenters. The van der Waals surface area contributed by atoms with Crippen molar-refractivity contribution in [1.82, 2.24) is 4.90 Å². The zero-order valence-electron chi connectivity index (χ0n) is 14.7. The molecule has 1 aromatic carbocycles. The monoisotopic (exact) mass is 412 g/mol. The van der Waals surface area contributed by atoms with Crippen LogP contribution in [-0.4, -0.2) is 40.8 Å². The van der Waals surface area contributed by atoms with Crippen molar-refractivity contribution in [2.45, 2.75) is 26.2 Å². The molecule has 5 nitrogen and oxygen atoms in total. The average Bonchev–Trinajstić information content (AvgIpc) is 2.64. The van der Waals surface area contributed by atoms with E-state index < -0.39 is 29.5 Å². The number of amides is 4. The summed E-state index contributed by atoms with van der Waals surface area (Å²) < 4.78 is 28.1. The van der Waals surface area contributed by atoms with Crippen LogP contribution in [0.2, 0.25) is 0 Å². The Labute approximate surface area is 164 Å². The molecule has 2 fully saturated rings. The zero-order valence-corrected chi connectivity index (χ0v) is 16.3. The van der Waals surface area contributed by atoms with Gasteiger partial charge in [-0.1, -0.05) is 13.3 Å². The molecule has 0 bridgehead atoms. The van der Waals surface area contributed by atoms with Crippen LogP contribution in [0, 0.1) is 11.6 Å². The van der Waals surface area contributed by atoms with Crippen LogP contribution in [-0.2, 0) is 9.59 Å². The Morgan fingerprint density at radius 3 is 2.41 bits per heavy atom. The standard InChI is InChI=1S/C18H18F2N2O3S2/c1-2-3-7-21-15(23)14(17-26-8-4-9-27-17)16(24)22(18(21)25)13-6-5-11(19)10-12(13)20/h5-6,10H,2-4,7-9H2,1H3. The maximum absolute atomic E-state index is 14.3. The lowest BCUT2D eigenvalue weighted by Gasteiger charge is -2.35. The van der Waals surface area contributed by atoms with Crippen LogP contribution in [0.3, 0.4) is 0 Å². The van der Waals surface area contributed by atoms with Gasteiger partial charge in [0.15, 0.2) is 0 Å². The summed E-state index contributed by atoms with van der Waals surface area (Å²) in [5, 5.41) is 0. The third-order valence-electron chi connectivity index (χ3n) is 4.14. The molecule has 2 heterocycles. The van der Waals surface area contributed by atoms with Crippen LogP contribution < -0.4 is 4.90 Å². The summed E-state index contributed by atoms with van der Waals surface area (Å²) in [4.78, 5) is 40.4. The minimum atomic E-state index is -1.03. The summed E-state index contributed by atoms with van der Waals surface area (Å²) >= 11 is 2.78. The highest BCUT2D eigenvalue weighted by atomic mass is 32.2. The molecule has 0 N–H and O–H groups in total. The topological polar surface area (TPSA) is 57.7 Å². The van der Waals surface area contributed by atoms with Crippen molar-refractivity contribution >= 4 is 47.1 Å². The van der Waals surface area contributed by atoms with Gasteiger partial charge in [-0.25, -0.2) is 18.5 Å². The zero-order chi connectivity index (χ0) is 19.6. The van der Waals surface area contributed by atoms with Crippen LogP contribution in [0.4, 0.5) is 19.3 Å². The van der Waals surface area contributed by atoms with Crippen molar-refractivity contribution in [2.24, 2.45) is 0 Å². The van der Waals surface area contributed by atoms with Gasteiger partial charge in [0.25, 0.3) is 11.8 Å². The van der Waals surface area contributed by atoms with Gasteiger partial charge < -0.3 is 0 Å². The summed E-state index contributed by atoms with van der Waals surface area (Å²) in [6.07, 6.45) is 2.25. The first-order valence-corrected chi connectivity index (χ1v) is 10.6. The van der Waals surface area contributed by atoms with Gasteiger partial charge in [0, 0.05) is 12.6 Å². The number of carbonyl (C=O) groups excluding carboxylic acids is 3. The normalized spacial score (nSPS) is 18.6. The summed E-state index contributed by atoms with van der Waals surface area (Å²) in [6.45, 7) is 2.04. The summed E-state index contributed by atoms with van der Waals surface area (Å²) in [5.74, 6) is -1.83. The van der Waals surface area contributed by atoms with E-state index in [9.17, 15) is 23.2 Å². The number of hydrogen-bond donors (Lipinski definition) is 0.